The van der Waals surface area contributed by atoms with E-state index in [0.29, 0.717) is 176 Å². The topological polar surface area (TPSA) is 243 Å². The monoisotopic (exact) mass is 1030 g/mol. The highest BCUT2D eigenvalue weighted by Gasteiger charge is 2.15. The van der Waals surface area contributed by atoms with Gasteiger partial charge in [-0.05, 0) is 44.5 Å². The van der Waals surface area contributed by atoms with Gasteiger partial charge in [0.25, 0.3) is 5.91 Å². The molecule has 0 spiro atoms. The van der Waals surface area contributed by atoms with Gasteiger partial charge >= 0.3 is 12.1 Å². The molecule has 22 nitrogen and oxygen atoms in total. The van der Waals surface area contributed by atoms with Crippen LogP contribution in [0.4, 0.5) is 4.79 Å². The predicted molar refractivity (Wildman–Crippen MR) is 262 cm³/mol. The van der Waals surface area contributed by atoms with Crippen molar-refractivity contribution in [2.75, 3.05) is 185 Å². The van der Waals surface area contributed by atoms with Gasteiger partial charge in [-0.3, -0.25) is 9.59 Å². The maximum absolute atomic E-state index is 12.4. The minimum atomic E-state index is -0.567. The normalized spacial score (nSPS) is 11.3. The largest absolute Gasteiger partial charge is 0.484 e. The van der Waals surface area contributed by atoms with Gasteiger partial charge in [-0.25, -0.2) is 9.59 Å². The Bertz CT molecular complexity index is 1640. The summed E-state index contributed by atoms with van der Waals surface area (Å²) in [7, 11) is 0. The van der Waals surface area contributed by atoms with E-state index in [9.17, 15) is 19.2 Å². The van der Waals surface area contributed by atoms with Crippen LogP contribution in [0.25, 0.3) is 0 Å². The Morgan fingerprint density at radius 1 is 0.431 bits per heavy atom. The highest BCUT2D eigenvalue weighted by molar-refractivity contribution is 5.89. The Labute approximate surface area is 424 Å². The van der Waals surface area contributed by atoms with Crippen molar-refractivity contribution in [1.29, 1.82) is 0 Å². The van der Waals surface area contributed by atoms with Crippen molar-refractivity contribution in [2.45, 2.75) is 39.4 Å². The first-order chi connectivity index (χ1) is 35.1. The van der Waals surface area contributed by atoms with Crippen LogP contribution in [0.5, 0.6) is 5.75 Å². The number of rotatable bonds is 48. The van der Waals surface area contributed by atoms with Crippen LogP contribution in [0.1, 0.15) is 43.1 Å². The van der Waals surface area contributed by atoms with Gasteiger partial charge in [0.2, 0.25) is 5.91 Å². The molecule has 0 unspecified atom stereocenters. The quantitative estimate of drug-likeness (QED) is 0.0638. The molecule has 0 bridgehead atoms. The van der Waals surface area contributed by atoms with E-state index >= 15 is 0 Å². The van der Waals surface area contributed by atoms with Gasteiger partial charge in [-0.1, -0.05) is 36.4 Å². The molecule has 2 aromatic rings. The molecule has 22 heteroatoms. The van der Waals surface area contributed by atoms with E-state index in [0.717, 1.165) is 5.56 Å². The van der Waals surface area contributed by atoms with Crippen molar-refractivity contribution < 1.29 is 90.2 Å². The lowest BCUT2D eigenvalue weighted by molar-refractivity contribution is -0.123. The van der Waals surface area contributed by atoms with Crippen LogP contribution in [-0.2, 0) is 82.5 Å². The van der Waals surface area contributed by atoms with Crippen molar-refractivity contribution in [3.05, 3.63) is 65.7 Å². The first-order valence-corrected chi connectivity index (χ1v) is 24.5. The van der Waals surface area contributed by atoms with E-state index in [4.69, 9.17) is 71.1 Å². The van der Waals surface area contributed by atoms with Gasteiger partial charge in [0.1, 0.15) is 18.0 Å². The van der Waals surface area contributed by atoms with Crippen LogP contribution in [0.2, 0.25) is 0 Å². The fourth-order valence-corrected chi connectivity index (χ4v) is 5.44. The molecule has 0 atom stereocenters. The zero-order valence-electron chi connectivity index (χ0n) is 42.7. The first-order valence-electron chi connectivity index (χ1n) is 24.5. The second-order valence-corrected chi connectivity index (χ2v) is 16.1. The summed E-state index contributed by atoms with van der Waals surface area (Å²) in [6, 6.07) is 15.9. The van der Waals surface area contributed by atoms with E-state index < -0.39 is 17.7 Å². The lowest BCUT2D eigenvalue weighted by atomic mass is 10.2. The van der Waals surface area contributed by atoms with Crippen molar-refractivity contribution in [1.82, 2.24) is 16.0 Å². The van der Waals surface area contributed by atoms with Crippen molar-refractivity contribution in [3.63, 3.8) is 0 Å². The number of ether oxygens (including phenoxy) is 15. The van der Waals surface area contributed by atoms with Crippen molar-refractivity contribution >= 4 is 23.9 Å². The van der Waals surface area contributed by atoms with E-state index in [-0.39, 0.29) is 44.6 Å². The Hall–Kier alpha value is -4.56. The third kappa shape index (κ3) is 41.0. The molecule has 410 valence electrons. The Morgan fingerprint density at radius 2 is 0.833 bits per heavy atom. The number of hydrogen-bond donors (Lipinski definition) is 3. The maximum Gasteiger partial charge on any atom is 0.407 e. The number of amides is 3. The lowest BCUT2D eigenvalue weighted by Crippen LogP contribution is -2.38. The molecule has 0 aliphatic carbocycles. The van der Waals surface area contributed by atoms with Gasteiger partial charge < -0.3 is 87.0 Å². The van der Waals surface area contributed by atoms with E-state index in [1.165, 1.54) is 0 Å². The zero-order valence-corrected chi connectivity index (χ0v) is 42.7. The summed E-state index contributed by atoms with van der Waals surface area (Å²) < 4.78 is 81.8. The zero-order chi connectivity index (χ0) is 51.8. The molecule has 3 N–H and O–H groups in total. The molecular weight excluding hydrogens is 947 g/mol. The second kappa shape index (κ2) is 45.1. The average Bonchev–Trinajstić information content (AvgIpc) is 3.36. The van der Waals surface area contributed by atoms with Crippen LogP contribution in [-0.4, -0.2) is 214 Å². The summed E-state index contributed by atoms with van der Waals surface area (Å²) in [5, 5.41) is 8.00. The second-order valence-electron chi connectivity index (χ2n) is 16.1. The molecule has 0 saturated heterocycles. The first kappa shape index (κ1) is 63.6. The summed E-state index contributed by atoms with van der Waals surface area (Å²) in [6.07, 6.45) is -0.303. The van der Waals surface area contributed by atoms with Crippen LogP contribution in [0.15, 0.2) is 54.6 Å². The maximum atomic E-state index is 12.4. The van der Waals surface area contributed by atoms with Crippen molar-refractivity contribution in [2.24, 2.45) is 0 Å². The number of esters is 1. The smallest absolute Gasteiger partial charge is 0.407 e. The van der Waals surface area contributed by atoms with Gasteiger partial charge in [-0.15, -0.1) is 0 Å². The molecule has 0 aliphatic heterocycles. The van der Waals surface area contributed by atoms with Crippen LogP contribution < -0.4 is 20.7 Å². The standard InChI is InChI=1S/C50H81N3O19/c1-50(2,3)72-49(57)53-14-13-51-46(54)12-16-58-18-20-60-22-24-62-26-28-64-30-32-66-34-36-68-38-39-69-37-35-67-33-31-65-29-27-63-25-23-61-21-19-59-17-15-52-47(55)42-70-45-11-7-10-44(40-45)48(56)71-41-43-8-5-4-6-9-43/h4-11,40H,12-39,41-42H2,1-3H3,(H,51,54)(H,52,55)(H,53,57). The third-order valence-corrected chi connectivity index (χ3v) is 8.90. The van der Waals surface area contributed by atoms with E-state index in [1.807, 2.05) is 30.3 Å². The van der Waals surface area contributed by atoms with Crippen LogP contribution in [0.3, 0.4) is 0 Å². The summed E-state index contributed by atoms with van der Waals surface area (Å²) in [5.41, 5.74) is 0.656. The molecule has 0 aromatic heterocycles. The van der Waals surface area contributed by atoms with Crippen LogP contribution >= 0.6 is 0 Å². The van der Waals surface area contributed by atoms with Gasteiger partial charge in [-0.2, -0.15) is 0 Å². The fraction of sp³-hybridized carbons (Fsp3) is 0.680. The van der Waals surface area contributed by atoms with Gasteiger partial charge in [0.15, 0.2) is 6.61 Å². The highest BCUT2D eigenvalue weighted by atomic mass is 16.6. The lowest BCUT2D eigenvalue weighted by Gasteiger charge is -2.19. The molecule has 2 aromatic carbocycles. The van der Waals surface area contributed by atoms with Gasteiger partial charge in [0, 0.05) is 26.1 Å². The minimum Gasteiger partial charge on any atom is -0.484 e. The fourth-order valence-electron chi connectivity index (χ4n) is 5.44. The number of hydrogen-bond acceptors (Lipinski definition) is 19. The summed E-state index contributed by atoms with van der Waals surface area (Å²) in [5.74, 6) is -0.564. The molecule has 0 radical (unpaired) electrons. The minimum absolute atomic E-state index is 0.163. The molecule has 2 rings (SSSR count). The number of alkyl carbamates (subject to hydrolysis) is 1. The Balaban J connectivity index is 1.18. The highest BCUT2D eigenvalue weighted by Crippen LogP contribution is 2.15. The number of carbonyl (C=O) groups excluding carboxylic acids is 4. The number of benzene rings is 2. The van der Waals surface area contributed by atoms with Gasteiger partial charge in [0.05, 0.1) is 164 Å². The molecule has 3 amide bonds. The Morgan fingerprint density at radius 3 is 1.28 bits per heavy atom. The molecule has 0 aliphatic rings. The number of carbonyl (C=O) groups is 4. The summed E-state index contributed by atoms with van der Waals surface area (Å²) in [6.45, 7) is 16.5. The molecule has 0 heterocycles. The summed E-state index contributed by atoms with van der Waals surface area (Å²) in [4.78, 5) is 47.9. The molecule has 0 saturated carbocycles. The predicted octanol–water partition coefficient (Wildman–Crippen LogP) is 2.77. The SMILES string of the molecule is CC(C)(C)OC(=O)NCCNC(=O)CCOCCOCCOCCOCCOCCOCCOCCOCCOCCOCCOCCOCCNC(=O)COc1cccc(C(=O)OCc2ccccc2)c1. The summed E-state index contributed by atoms with van der Waals surface area (Å²) >= 11 is 0. The van der Waals surface area contributed by atoms with E-state index in [2.05, 4.69) is 16.0 Å². The van der Waals surface area contributed by atoms with Crippen molar-refractivity contribution in [3.8, 4) is 5.75 Å². The molecule has 72 heavy (non-hydrogen) atoms. The third-order valence-electron chi connectivity index (χ3n) is 8.90. The number of nitrogens with one attached hydrogen (secondary N) is 3. The average molecular weight is 1030 g/mol. The van der Waals surface area contributed by atoms with Crippen LogP contribution in [0, 0.1) is 0 Å². The molecular formula is C50H81N3O19. The molecule has 0 fully saturated rings. The van der Waals surface area contributed by atoms with E-state index in [1.54, 1.807) is 45.0 Å². The Kier molecular flexibility index (Phi) is 39.8.